The van der Waals surface area contributed by atoms with Crippen molar-refractivity contribution in [1.29, 1.82) is 0 Å². The first-order chi connectivity index (χ1) is 8.46. The number of urea groups is 1. The Morgan fingerprint density at radius 2 is 1.89 bits per heavy atom. The highest BCUT2D eigenvalue weighted by molar-refractivity contribution is 8.00. The quantitative estimate of drug-likeness (QED) is 0.707. The van der Waals surface area contributed by atoms with E-state index >= 15 is 0 Å². The van der Waals surface area contributed by atoms with Gasteiger partial charge in [0, 0.05) is 17.8 Å². The summed E-state index contributed by atoms with van der Waals surface area (Å²) in [7, 11) is 0. The highest BCUT2D eigenvalue weighted by Crippen LogP contribution is 2.45. The smallest absolute Gasteiger partial charge is 0.314 e. The SMILES string of the molecule is CC1(CNC(=O)NCC2(C(=O)O)CC2)CCCS1. The van der Waals surface area contributed by atoms with Crippen molar-refractivity contribution in [3.63, 3.8) is 0 Å². The summed E-state index contributed by atoms with van der Waals surface area (Å²) in [6.07, 6.45) is 3.65. The van der Waals surface area contributed by atoms with Crippen molar-refractivity contribution in [3.05, 3.63) is 0 Å². The van der Waals surface area contributed by atoms with Crippen LogP contribution in [0.1, 0.15) is 32.6 Å². The number of thioether (sulfide) groups is 1. The molecule has 1 saturated carbocycles. The van der Waals surface area contributed by atoms with Crippen molar-refractivity contribution in [2.75, 3.05) is 18.8 Å². The second-order valence-electron chi connectivity index (χ2n) is 5.52. The third-order valence-corrected chi connectivity index (χ3v) is 5.36. The van der Waals surface area contributed by atoms with Crippen LogP contribution < -0.4 is 10.6 Å². The molecule has 1 atom stereocenters. The van der Waals surface area contributed by atoms with Crippen molar-refractivity contribution >= 4 is 23.8 Å². The van der Waals surface area contributed by atoms with Crippen LogP contribution in [0, 0.1) is 5.41 Å². The van der Waals surface area contributed by atoms with Crippen LogP contribution in [-0.2, 0) is 4.79 Å². The summed E-state index contributed by atoms with van der Waals surface area (Å²) < 4.78 is 0.140. The molecule has 2 aliphatic rings. The molecule has 2 rings (SSSR count). The lowest BCUT2D eigenvalue weighted by Gasteiger charge is -2.23. The number of carbonyl (C=O) groups is 2. The van der Waals surface area contributed by atoms with Crippen molar-refractivity contribution in [2.24, 2.45) is 5.41 Å². The second-order valence-corrected chi connectivity index (χ2v) is 7.21. The molecule has 1 heterocycles. The summed E-state index contributed by atoms with van der Waals surface area (Å²) in [6, 6.07) is -0.253. The van der Waals surface area contributed by atoms with E-state index in [-0.39, 0.29) is 17.3 Å². The molecular formula is C12H20N2O3S. The van der Waals surface area contributed by atoms with Gasteiger partial charge in [0.15, 0.2) is 0 Å². The van der Waals surface area contributed by atoms with Crippen molar-refractivity contribution < 1.29 is 14.7 Å². The molecule has 0 aromatic heterocycles. The molecular weight excluding hydrogens is 252 g/mol. The summed E-state index contributed by atoms with van der Waals surface area (Å²) in [5.74, 6) is 0.350. The van der Waals surface area contributed by atoms with Crippen LogP contribution in [0.5, 0.6) is 0 Å². The lowest BCUT2D eigenvalue weighted by molar-refractivity contribution is -0.143. The molecule has 0 aromatic carbocycles. The Labute approximate surface area is 111 Å². The maximum absolute atomic E-state index is 11.6. The molecule has 1 aliphatic carbocycles. The fourth-order valence-corrected chi connectivity index (χ4v) is 3.42. The molecule has 0 radical (unpaired) electrons. The summed E-state index contributed by atoms with van der Waals surface area (Å²) in [6.45, 7) is 3.03. The third kappa shape index (κ3) is 3.10. The zero-order valence-corrected chi connectivity index (χ0v) is 11.4. The van der Waals surface area contributed by atoms with Gasteiger partial charge in [-0.2, -0.15) is 11.8 Å². The Kier molecular flexibility index (Phi) is 3.75. The van der Waals surface area contributed by atoms with Gasteiger partial charge in [0.1, 0.15) is 0 Å². The third-order valence-electron chi connectivity index (χ3n) is 3.82. The van der Waals surface area contributed by atoms with Crippen LogP contribution >= 0.6 is 11.8 Å². The van der Waals surface area contributed by atoms with E-state index in [1.54, 1.807) is 0 Å². The largest absolute Gasteiger partial charge is 0.481 e. The number of hydrogen-bond acceptors (Lipinski definition) is 3. The lowest BCUT2D eigenvalue weighted by atomic mass is 10.1. The highest BCUT2D eigenvalue weighted by Gasteiger charge is 2.50. The number of amides is 2. The van der Waals surface area contributed by atoms with Gasteiger partial charge in [0.2, 0.25) is 0 Å². The van der Waals surface area contributed by atoms with Gasteiger partial charge < -0.3 is 15.7 Å². The summed E-state index contributed by atoms with van der Waals surface area (Å²) in [5.41, 5.74) is -0.691. The Morgan fingerprint density at radius 3 is 2.39 bits per heavy atom. The molecule has 1 unspecified atom stereocenters. The maximum atomic E-state index is 11.6. The van der Waals surface area contributed by atoms with Gasteiger partial charge in [0.05, 0.1) is 5.41 Å². The van der Waals surface area contributed by atoms with E-state index in [1.165, 1.54) is 6.42 Å². The number of rotatable bonds is 5. The molecule has 0 bridgehead atoms. The maximum Gasteiger partial charge on any atom is 0.314 e. The Hall–Kier alpha value is -0.910. The van der Waals surface area contributed by atoms with Gasteiger partial charge in [-0.15, -0.1) is 0 Å². The van der Waals surface area contributed by atoms with E-state index in [4.69, 9.17) is 5.11 Å². The van der Waals surface area contributed by atoms with Gasteiger partial charge in [-0.1, -0.05) is 0 Å². The number of nitrogens with one attached hydrogen (secondary N) is 2. The fraction of sp³-hybridized carbons (Fsp3) is 0.833. The summed E-state index contributed by atoms with van der Waals surface area (Å²) in [5, 5.41) is 14.5. The number of carboxylic acid groups (broad SMARTS) is 1. The average molecular weight is 272 g/mol. The number of aliphatic carboxylic acids is 1. The second kappa shape index (κ2) is 4.99. The molecule has 1 aliphatic heterocycles. The van der Waals surface area contributed by atoms with E-state index < -0.39 is 11.4 Å². The molecule has 1 saturated heterocycles. The van der Waals surface area contributed by atoms with Gasteiger partial charge in [-0.25, -0.2) is 4.79 Å². The zero-order chi connectivity index (χ0) is 13.2. The van der Waals surface area contributed by atoms with Crippen molar-refractivity contribution in [2.45, 2.75) is 37.4 Å². The van der Waals surface area contributed by atoms with Crippen LogP contribution in [0.3, 0.4) is 0 Å². The van der Waals surface area contributed by atoms with E-state index in [0.29, 0.717) is 19.4 Å². The number of hydrogen-bond donors (Lipinski definition) is 3. The minimum atomic E-state index is -0.805. The highest BCUT2D eigenvalue weighted by atomic mass is 32.2. The van der Waals surface area contributed by atoms with Gasteiger partial charge >= 0.3 is 12.0 Å². The van der Waals surface area contributed by atoms with Crippen LogP contribution in [0.2, 0.25) is 0 Å². The normalized spacial score (nSPS) is 28.7. The lowest BCUT2D eigenvalue weighted by Crippen LogP contribution is -2.45. The standard InChI is InChI=1S/C12H20N2O3S/c1-11(3-2-6-18-11)7-13-10(17)14-8-12(4-5-12)9(15)16/h2-8H2,1H3,(H,15,16)(H2,13,14,17). The molecule has 2 amide bonds. The Balaban J connectivity index is 1.68. The number of carbonyl (C=O) groups excluding carboxylic acids is 1. The van der Waals surface area contributed by atoms with Crippen molar-refractivity contribution in [1.82, 2.24) is 10.6 Å². The molecule has 6 heteroatoms. The van der Waals surface area contributed by atoms with Crippen LogP contribution in [0.25, 0.3) is 0 Å². The van der Waals surface area contributed by atoms with E-state index in [2.05, 4.69) is 17.6 Å². The first kappa shape index (κ1) is 13.5. The van der Waals surface area contributed by atoms with Gasteiger partial charge in [0.25, 0.3) is 0 Å². The first-order valence-corrected chi connectivity index (χ1v) is 7.34. The van der Waals surface area contributed by atoms with E-state index in [0.717, 1.165) is 12.2 Å². The van der Waals surface area contributed by atoms with Gasteiger partial charge in [-0.05, 0) is 38.4 Å². The predicted octanol–water partition coefficient (Wildman–Crippen LogP) is 1.44. The zero-order valence-electron chi connectivity index (χ0n) is 10.6. The van der Waals surface area contributed by atoms with Gasteiger partial charge in [-0.3, -0.25) is 4.79 Å². The fourth-order valence-electron chi connectivity index (χ4n) is 2.17. The van der Waals surface area contributed by atoms with Crippen LogP contribution in [-0.4, -0.2) is 40.7 Å². The van der Waals surface area contributed by atoms with Crippen LogP contribution in [0.4, 0.5) is 4.79 Å². The molecule has 102 valence electrons. The van der Waals surface area contributed by atoms with E-state index in [1.807, 2.05) is 11.8 Å². The Bertz CT molecular complexity index is 349. The molecule has 5 nitrogen and oxygen atoms in total. The average Bonchev–Trinajstić information content (AvgIpc) is 3.01. The first-order valence-electron chi connectivity index (χ1n) is 6.35. The molecule has 2 fully saturated rings. The number of carboxylic acids is 1. The molecule has 0 aromatic rings. The Morgan fingerprint density at radius 1 is 1.22 bits per heavy atom. The minimum absolute atomic E-state index is 0.140. The summed E-state index contributed by atoms with van der Waals surface area (Å²) in [4.78, 5) is 22.6. The summed E-state index contributed by atoms with van der Waals surface area (Å²) >= 11 is 1.89. The van der Waals surface area contributed by atoms with Crippen molar-refractivity contribution in [3.8, 4) is 0 Å². The monoisotopic (exact) mass is 272 g/mol. The minimum Gasteiger partial charge on any atom is -0.481 e. The van der Waals surface area contributed by atoms with Crippen LogP contribution in [0.15, 0.2) is 0 Å². The topological polar surface area (TPSA) is 78.4 Å². The van der Waals surface area contributed by atoms with E-state index in [9.17, 15) is 9.59 Å². The predicted molar refractivity (Wildman–Crippen MR) is 70.8 cm³/mol. The molecule has 0 spiro atoms. The molecule has 18 heavy (non-hydrogen) atoms. The molecule has 3 N–H and O–H groups in total.